The van der Waals surface area contributed by atoms with Crippen molar-refractivity contribution < 1.29 is 14.3 Å². The molecule has 0 saturated heterocycles. The van der Waals surface area contributed by atoms with Crippen molar-refractivity contribution in [1.29, 1.82) is 0 Å². The van der Waals surface area contributed by atoms with Crippen LogP contribution in [0.3, 0.4) is 0 Å². The van der Waals surface area contributed by atoms with Crippen molar-refractivity contribution in [3.63, 3.8) is 0 Å². The van der Waals surface area contributed by atoms with E-state index < -0.39 is 0 Å². The molecular weight excluding hydrogens is 376 g/mol. The number of benzene rings is 1. The molecule has 2 heterocycles. The number of amidine groups is 1. The summed E-state index contributed by atoms with van der Waals surface area (Å²) in [6, 6.07) is 7.83. The average Bonchev–Trinajstić information content (AvgIpc) is 3.01. The number of thioether (sulfide) groups is 1. The highest BCUT2D eigenvalue weighted by atomic mass is 32.2. The summed E-state index contributed by atoms with van der Waals surface area (Å²) >= 11 is 1.58. The van der Waals surface area contributed by atoms with Gasteiger partial charge < -0.3 is 14.5 Å². The molecule has 1 aromatic carbocycles. The number of carbonyl (C=O) groups is 1. The van der Waals surface area contributed by atoms with Gasteiger partial charge in [0.25, 0.3) is 0 Å². The van der Waals surface area contributed by atoms with Crippen LogP contribution in [-0.4, -0.2) is 41.3 Å². The zero-order chi connectivity index (χ0) is 20.1. The van der Waals surface area contributed by atoms with Crippen LogP contribution >= 0.6 is 11.8 Å². The quantitative estimate of drug-likeness (QED) is 0.726. The summed E-state index contributed by atoms with van der Waals surface area (Å²) in [5, 5.41) is 5.22. The Kier molecular flexibility index (Phi) is 6.41. The Morgan fingerprint density at radius 1 is 1.29 bits per heavy atom. The number of aromatic amines is 1. The molecule has 7 nitrogen and oxygen atoms in total. The van der Waals surface area contributed by atoms with E-state index >= 15 is 0 Å². The van der Waals surface area contributed by atoms with Gasteiger partial charge in [-0.3, -0.25) is 10.4 Å². The summed E-state index contributed by atoms with van der Waals surface area (Å²) in [4.78, 5) is 20.0. The monoisotopic (exact) mass is 400 g/mol. The molecule has 0 amide bonds. The number of aryl methyl sites for hydroxylation is 1. The van der Waals surface area contributed by atoms with Crippen LogP contribution in [0.15, 0.2) is 34.4 Å². The third kappa shape index (κ3) is 4.39. The van der Waals surface area contributed by atoms with Gasteiger partial charge in [-0.05, 0) is 44.0 Å². The minimum absolute atomic E-state index is 0.307. The van der Waals surface area contributed by atoms with Crippen molar-refractivity contribution >= 4 is 28.6 Å². The second-order valence-corrected chi connectivity index (χ2v) is 7.24. The van der Waals surface area contributed by atoms with Crippen LogP contribution in [-0.2, 0) is 11.3 Å². The Morgan fingerprint density at radius 3 is 2.64 bits per heavy atom. The van der Waals surface area contributed by atoms with Gasteiger partial charge in [0.05, 0.1) is 37.2 Å². The zero-order valence-corrected chi connectivity index (χ0v) is 17.3. The molecule has 0 aliphatic carbocycles. The standard InChI is InChI=1S/C20H24N4O3S/c1-5-27-19(25)17-12(2)18(22-13(17)3)16-11-28-20(24-23-16)21-10-14-6-8-15(26-4)9-7-14/h6-9,22H,5,10-11H2,1-4H3,(H,21,24). The van der Waals surface area contributed by atoms with Crippen molar-refractivity contribution in [2.75, 3.05) is 19.5 Å². The van der Waals surface area contributed by atoms with Crippen molar-refractivity contribution in [3.8, 4) is 5.75 Å². The highest BCUT2D eigenvalue weighted by Gasteiger charge is 2.23. The number of aromatic nitrogens is 1. The van der Waals surface area contributed by atoms with E-state index in [9.17, 15) is 4.79 Å². The molecule has 1 aromatic heterocycles. The molecule has 0 spiro atoms. The van der Waals surface area contributed by atoms with Crippen LogP contribution < -0.4 is 10.2 Å². The molecule has 0 saturated carbocycles. The van der Waals surface area contributed by atoms with Gasteiger partial charge in [-0.1, -0.05) is 23.9 Å². The predicted octanol–water partition coefficient (Wildman–Crippen LogP) is 3.41. The number of methoxy groups -OCH3 is 1. The number of nitrogens with zero attached hydrogens (tertiary/aromatic N) is 2. The topological polar surface area (TPSA) is 88.1 Å². The highest BCUT2D eigenvalue weighted by molar-refractivity contribution is 8.14. The van der Waals surface area contributed by atoms with E-state index in [4.69, 9.17) is 9.47 Å². The molecule has 2 N–H and O–H groups in total. The molecule has 0 unspecified atom stereocenters. The predicted molar refractivity (Wildman–Crippen MR) is 112 cm³/mol. The Labute approximate surface area is 168 Å². The van der Waals surface area contributed by atoms with Crippen LogP contribution in [0.25, 0.3) is 0 Å². The zero-order valence-electron chi connectivity index (χ0n) is 16.5. The lowest BCUT2D eigenvalue weighted by Gasteiger charge is -2.14. The number of esters is 1. The van der Waals surface area contributed by atoms with Gasteiger partial charge in [0.1, 0.15) is 5.75 Å². The summed E-state index contributed by atoms with van der Waals surface area (Å²) in [6.07, 6.45) is 0. The van der Waals surface area contributed by atoms with Gasteiger partial charge in [0.2, 0.25) is 0 Å². The average molecular weight is 401 g/mol. The fraction of sp³-hybridized carbons (Fsp3) is 0.350. The maximum Gasteiger partial charge on any atom is 0.340 e. The van der Waals surface area contributed by atoms with Crippen molar-refractivity contribution in [2.45, 2.75) is 27.3 Å². The van der Waals surface area contributed by atoms with E-state index in [0.717, 1.165) is 39.1 Å². The molecule has 2 aromatic rings. The summed E-state index contributed by atoms with van der Waals surface area (Å²) < 4.78 is 10.3. The van der Waals surface area contributed by atoms with E-state index in [2.05, 4.69) is 20.5 Å². The van der Waals surface area contributed by atoms with Crippen LogP contribution in [0.1, 0.15) is 39.8 Å². The van der Waals surface area contributed by atoms with Gasteiger partial charge in [-0.15, -0.1) is 0 Å². The lowest BCUT2D eigenvalue weighted by molar-refractivity contribution is 0.0525. The Hall–Kier alpha value is -2.74. The summed E-state index contributed by atoms with van der Waals surface area (Å²) in [5.74, 6) is 1.19. The van der Waals surface area contributed by atoms with Gasteiger partial charge in [0, 0.05) is 11.4 Å². The summed E-state index contributed by atoms with van der Waals surface area (Å²) in [7, 11) is 1.65. The smallest absolute Gasteiger partial charge is 0.340 e. The van der Waals surface area contributed by atoms with E-state index in [-0.39, 0.29) is 5.97 Å². The fourth-order valence-corrected chi connectivity index (χ4v) is 3.72. The van der Waals surface area contributed by atoms with Crippen LogP contribution in [0, 0.1) is 13.8 Å². The van der Waals surface area contributed by atoms with Gasteiger partial charge in [-0.25, -0.2) is 4.79 Å². The number of carbonyl (C=O) groups excluding carboxylic acids is 1. The molecule has 28 heavy (non-hydrogen) atoms. The van der Waals surface area contributed by atoms with E-state index in [1.54, 1.807) is 25.8 Å². The molecule has 1 aliphatic rings. The third-order valence-corrected chi connectivity index (χ3v) is 5.31. The van der Waals surface area contributed by atoms with Crippen LogP contribution in [0.2, 0.25) is 0 Å². The molecule has 0 fully saturated rings. The molecule has 8 heteroatoms. The molecule has 0 atom stereocenters. The van der Waals surface area contributed by atoms with E-state index in [0.29, 0.717) is 24.5 Å². The first kappa shape index (κ1) is 20.0. The largest absolute Gasteiger partial charge is 0.497 e. The molecule has 3 rings (SSSR count). The maximum atomic E-state index is 12.2. The molecule has 0 bridgehead atoms. The van der Waals surface area contributed by atoms with Crippen molar-refractivity contribution in [2.24, 2.45) is 10.1 Å². The Bertz CT molecular complexity index is 916. The SMILES string of the molecule is CCOC(=O)c1c(C)[nH]c(C2=NNC(=NCc3ccc(OC)cc3)SC2)c1C. The Balaban J connectivity index is 1.69. The first-order valence-corrected chi connectivity index (χ1v) is 10.0. The van der Waals surface area contributed by atoms with Crippen molar-refractivity contribution in [3.05, 3.63) is 52.3 Å². The van der Waals surface area contributed by atoms with E-state index in [1.807, 2.05) is 38.1 Å². The molecule has 148 valence electrons. The first-order valence-electron chi connectivity index (χ1n) is 9.02. The molecular formula is C20H24N4O3S. The van der Waals surface area contributed by atoms with Crippen LogP contribution in [0.5, 0.6) is 5.75 Å². The van der Waals surface area contributed by atoms with Gasteiger partial charge in [0.15, 0.2) is 5.17 Å². The third-order valence-electron chi connectivity index (χ3n) is 4.40. The van der Waals surface area contributed by atoms with Gasteiger partial charge in [-0.2, -0.15) is 5.10 Å². The number of H-pyrrole nitrogens is 1. The highest BCUT2D eigenvalue weighted by Crippen LogP contribution is 2.23. The lowest BCUT2D eigenvalue weighted by atomic mass is 10.1. The number of aliphatic imine (C=N–C) groups is 1. The first-order chi connectivity index (χ1) is 13.5. The summed E-state index contributed by atoms with van der Waals surface area (Å²) in [5.41, 5.74) is 8.05. The van der Waals surface area contributed by atoms with Gasteiger partial charge >= 0.3 is 5.97 Å². The van der Waals surface area contributed by atoms with Crippen LogP contribution in [0.4, 0.5) is 0 Å². The maximum absolute atomic E-state index is 12.2. The number of rotatable bonds is 6. The Morgan fingerprint density at radius 2 is 2.04 bits per heavy atom. The minimum atomic E-state index is -0.307. The van der Waals surface area contributed by atoms with Crippen molar-refractivity contribution in [1.82, 2.24) is 10.4 Å². The second-order valence-electron chi connectivity index (χ2n) is 6.27. The number of hydrogen-bond acceptors (Lipinski definition) is 6. The minimum Gasteiger partial charge on any atom is -0.497 e. The number of ether oxygens (including phenoxy) is 2. The summed E-state index contributed by atoms with van der Waals surface area (Å²) in [6.45, 7) is 6.50. The second kappa shape index (κ2) is 8.97. The fourth-order valence-electron chi connectivity index (χ4n) is 2.97. The molecule has 1 aliphatic heterocycles. The molecule has 0 radical (unpaired) electrons. The van der Waals surface area contributed by atoms with E-state index in [1.165, 1.54) is 0 Å². The normalized spacial score (nSPS) is 15.1. The number of nitrogens with one attached hydrogen (secondary N) is 2. The lowest BCUT2D eigenvalue weighted by Crippen LogP contribution is -2.26. The number of hydrogen-bond donors (Lipinski definition) is 2. The number of hydrazone groups is 1.